The maximum atomic E-state index is 10.8. The zero-order valence-corrected chi connectivity index (χ0v) is 6.55. The summed E-state index contributed by atoms with van der Waals surface area (Å²) in [5.41, 5.74) is 0.873. The highest BCUT2D eigenvalue weighted by Gasteiger charge is 1.90. The van der Waals surface area contributed by atoms with E-state index in [2.05, 4.69) is 16.1 Å². The Morgan fingerprint density at radius 1 is 1.56 bits per heavy atom. The van der Waals surface area contributed by atoms with E-state index in [1.807, 2.05) is 13.0 Å². The number of rotatable bonds is 0. The largest absolute Gasteiger partial charge is 0.268 e. The van der Waals surface area contributed by atoms with Crippen LogP contribution in [0.3, 0.4) is 0 Å². The molecule has 0 aliphatic heterocycles. The van der Waals surface area contributed by atoms with Gasteiger partial charge in [0.15, 0.2) is 0 Å². The number of aromatic nitrogens is 1. The van der Waals surface area contributed by atoms with Gasteiger partial charge in [0.2, 0.25) is 0 Å². The van der Waals surface area contributed by atoms with E-state index in [0.717, 1.165) is 5.69 Å². The molecule has 0 fully saturated rings. The minimum Gasteiger partial charge on any atom is -0.268 e. The molecule has 3 heteroatoms. The Balaban J connectivity index is 3.43. The molecule has 1 aromatic heterocycles. The maximum Gasteiger partial charge on any atom is 0.260 e. The van der Waals surface area contributed by atoms with Crippen molar-refractivity contribution in [2.75, 3.05) is 0 Å². The number of nitrogens with zero attached hydrogens (tertiary/aromatic N) is 1. The van der Waals surface area contributed by atoms with Crippen LogP contribution in [-0.4, -0.2) is 3.59 Å². The van der Waals surface area contributed by atoms with Crippen molar-refractivity contribution in [2.24, 2.45) is 0 Å². The molecule has 48 valence electrons. The van der Waals surface area contributed by atoms with Crippen molar-refractivity contribution >= 4 is 16.1 Å². The van der Waals surface area contributed by atoms with Gasteiger partial charge >= 0.3 is 0 Å². The molecule has 1 heterocycles. The highest BCUT2D eigenvalue weighted by molar-refractivity contribution is 9.08. The molecule has 0 spiro atoms. The lowest BCUT2D eigenvalue weighted by atomic mass is 10.4. The van der Waals surface area contributed by atoms with E-state index in [1.165, 1.54) is 9.66 Å². The molecular weight excluding hydrogens is 182 g/mol. The van der Waals surface area contributed by atoms with Crippen molar-refractivity contribution in [3.63, 3.8) is 0 Å². The minimum absolute atomic E-state index is 0.0324. The molecule has 2 nitrogen and oxygen atoms in total. The number of hydrogen-bond acceptors (Lipinski definition) is 1. The molecule has 0 bridgehead atoms. The molecule has 0 amide bonds. The average Bonchev–Trinajstić information content (AvgIpc) is 1.83. The molecule has 1 aromatic rings. The normalized spacial score (nSPS) is 9.56. The second kappa shape index (κ2) is 2.35. The van der Waals surface area contributed by atoms with Crippen LogP contribution in [0.15, 0.2) is 23.0 Å². The van der Waals surface area contributed by atoms with E-state index in [-0.39, 0.29) is 5.56 Å². The summed E-state index contributed by atoms with van der Waals surface area (Å²) in [6.45, 7) is 1.86. The average molecular weight is 188 g/mol. The van der Waals surface area contributed by atoms with Crippen LogP contribution < -0.4 is 5.56 Å². The fraction of sp³-hybridized carbons (Fsp3) is 0.167. The Bertz CT molecular complexity index is 266. The van der Waals surface area contributed by atoms with Crippen molar-refractivity contribution in [1.29, 1.82) is 0 Å². The van der Waals surface area contributed by atoms with Gasteiger partial charge < -0.3 is 0 Å². The van der Waals surface area contributed by atoms with Gasteiger partial charge in [-0.25, -0.2) is 3.59 Å². The lowest BCUT2D eigenvalue weighted by molar-refractivity contribution is 1.09. The van der Waals surface area contributed by atoms with Crippen LogP contribution in [0.2, 0.25) is 0 Å². The van der Waals surface area contributed by atoms with E-state index in [0.29, 0.717) is 0 Å². The summed E-state index contributed by atoms with van der Waals surface area (Å²) in [5.74, 6) is 0. The monoisotopic (exact) mass is 187 g/mol. The molecule has 0 saturated heterocycles. The van der Waals surface area contributed by atoms with E-state index < -0.39 is 0 Å². The summed E-state index contributed by atoms with van der Waals surface area (Å²) in [7, 11) is 0. The lowest BCUT2D eigenvalue weighted by Gasteiger charge is -1.95. The topological polar surface area (TPSA) is 22.0 Å². The number of halogens is 1. The van der Waals surface area contributed by atoms with Crippen molar-refractivity contribution < 1.29 is 0 Å². The highest BCUT2D eigenvalue weighted by Crippen LogP contribution is 1.95. The smallest absolute Gasteiger partial charge is 0.260 e. The van der Waals surface area contributed by atoms with Crippen LogP contribution in [0.1, 0.15) is 5.69 Å². The van der Waals surface area contributed by atoms with Gasteiger partial charge in [0.05, 0.1) is 16.1 Å². The highest BCUT2D eigenvalue weighted by atomic mass is 79.9. The van der Waals surface area contributed by atoms with Gasteiger partial charge in [-0.1, -0.05) is 6.07 Å². The van der Waals surface area contributed by atoms with Crippen LogP contribution in [0, 0.1) is 6.92 Å². The lowest BCUT2D eigenvalue weighted by Crippen LogP contribution is -2.11. The van der Waals surface area contributed by atoms with Crippen LogP contribution in [0.25, 0.3) is 0 Å². The zero-order valence-electron chi connectivity index (χ0n) is 4.97. The third-order valence-electron chi connectivity index (χ3n) is 1.08. The number of hydrogen-bond donors (Lipinski definition) is 0. The predicted octanol–water partition coefficient (Wildman–Crippen LogP) is 1.31. The molecule has 0 radical (unpaired) electrons. The standard InChI is InChI=1S/C6H6BrNO/c1-5-3-2-4-6(9)8(5)7/h2-4H,1H3. The number of pyridine rings is 1. The molecule has 0 aromatic carbocycles. The molecule has 1 rings (SSSR count). The summed E-state index contributed by atoms with van der Waals surface area (Å²) in [6.07, 6.45) is 0. The van der Waals surface area contributed by atoms with Crippen molar-refractivity contribution in [3.8, 4) is 0 Å². The van der Waals surface area contributed by atoms with E-state index in [9.17, 15) is 4.79 Å². The summed E-state index contributed by atoms with van der Waals surface area (Å²) in [5, 5.41) is 0. The van der Waals surface area contributed by atoms with Crippen LogP contribution in [0.4, 0.5) is 0 Å². The maximum absolute atomic E-state index is 10.8. The fourth-order valence-corrected chi connectivity index (χ4v) is 0.811. The molecule has 0 N–H and O–H groups in total. The summed E-state index contributed by atoms with van der Waals surface area (Å²) in [6, 6.07) is 5.09. The first-order chi connectivity index (χ1) is 4.22. The summed E-state index contributed by atoms with van der Waals surface area (Å²) < 4.78 is 1.42. The summed E-state index contributed by atoms with van der Waals surface area (Å²) >= 11 is 3.08. The zero-order chi connectivity index (χ0) is 6.85. The Morgan fingerprint density at radius 3 is 2.67 bits per heavy atom. The van der Waals surface area contributed by atoms with Gasteiger partial charge in [-0.05, 0) is 13.0 Å². The van der Waals surface area contributed by atoms with Crippen LogP contribution >= 0.6 is 16.1 Å². The fourth-order valence-electron chi connectivity index (χ4n) is 0.574. The molecule has 0 saturated carbocycles. The Kier molecular flexibility index (Phi) is 1.71. The van der Waals surface area contributed by atoms with Crippen LogP contribution in [-0.2, 0) is 0 Å². The third kappa shape index (κ3) is 1.21. The first kappa shape index (κ1) is 6.55. The Hall–Kier alpha value is -0.570. The van der Waals surface area contributed by atoms with E-state index in [4.69, 9.17) is 0 Å². The first-order valence-corrected chi connectivity index (χ1v) is 3.27. The Labute approximate surface area is 61.5 Å². The van der Waals surface area contributed by atoms with Crippen LogP contribution in [0.5, 0.6) is 0 Å². The molecule has 0 aliphatic rings. The van der Waals surface area contributed by atoms with E-state index in [1.54, 1.807) is 6.07 Å². The van der Waals surface area contributed by atoms with Gasteiger partial charge in [0.25, 0.3) is 5.56 Å². The molecule has 0 aliphatic carbocycles. The van der Waals surface area contributed by atoms with Crippen molar-refractivity contribution in [3.05, 3.63) is 34.2 Å². The quantitative estimate of drug-likeness (QED) is 0.601. The third-order valence-corrected chi connectivity index (χ3v) is 1.99. The van der Waals surface area contributed by atoms with Gasteiger partial charge in [0, 0.05) is 11.8 Å². The second-order valence-corrected chi connectivity index (χ2v) is 2.50. The molecular formula is C6H6BrNO. The predicted molar refractivity (Wildman–Crippen MR) is 39.8 cm³/mol. The van der Waals surface area contributed by atoms with Gasteiger partial charge in [-0.2, -0.15) is 0 Å². The van der Waals surface area contributed by atoms with Gasteiger partial charge in [-0.15, -0.1) is 0 Å². The van der Waals surface area contributed by atoms with Gasteiger partial charge in [0.1, 0.15) is 0 Å². The number of aryl methyl sites for hydroxylation is 1. The minimum atomic E-state index is -0.0324. The summed E-state index contributed by atoms with van der Waals surface area (Å²) in [4.78, 5) is 10.8. The van der Waals surface area contributed by atoms with Crippen molar-refractivity contribution in [1.82, 2.24) is 3.59 Å². The molecule has 0 unspecified atom stereocenters. The molecule has 0 atom stereocenters. The Morgan fingerprint density at radius 2 is 2.22 bits per heavy atom. The van der Waals surface area contributed by atoms with Crippen molar-refractivity contribution in [2.45, 2.75) is 6.92 Å². The second-order valence-electron chi connectivity index (χ2n) is 1.79. The SMILES string of the molecule is Cc1cccc(=O)n1Br. The first-order valence-electron chi connectivity index (χ1n) is 2.56. The van der Waals surface area contributed by atoms with E-state index >= 15 is 0 Å². The van der Waals surface area contributed by atoms with Gasteiger partial charge in [-0.3, -0.25) is 4.79 Å². The molecule has 9 heavy (non-hydrogen) atoms.